The topological polar surface area (TPSA) is 157 Å². The quantitative estimate of drug-likeness (QED) is 0.257. The first-order chi connectivity index (χ1) is 17.4. The fourth-order valence-corrected chi connectivity index (χ4v) is 5.47. The van der Waals surface area contributed by atoms with Crippen molar-refractivity contribution in [3.8, 4) is 0 Å². The van der Waals surface area contributed by atoms with E-state index in [2.05, 4.69) is 66.1 Å². The summed E-state index contributed by atoms with van der Waals surface area (Å²) in [7, 11) is -2.09. The molecule has 1 aromatic heterocycles. The zero-order valence-electron chi connectivity index (χ0n) is 22.6. The van der Waals surface area contributed by atoms with E-state index in [1.807, 2.05) is 0 Å². The molecule has 6 radical (unpaired) electrons. The molecule has 1 aromatic rings. The molecule has 13 heteroatoms. The third-order valence-electron chi connectivity index (χ3n) is 6.43. The van der Waals surface area contributed by atoms with Crippen LogP contribution >= 0.6 is 0 Å². The van der Waals surface area contributed by atoms with Crippen molar-refractivity contribution in [3.05, 3.63) is 46.5 Å². The van der Waals surface area contributed by atoms with Crippen LogP contribution in [-0.4, -0.2) is 63.5 Å². The maximum absolute atomic E-state index is 12.3. The van der Waals surface area contributed by atoms with Gasteiger partial charge in [0.2, 0.25) is 0 Å². The summed E-state index contributed by atoms with van der Waals surface area (Å²) in [6.45, 7) is 29.1. The average molecular weight is 589 g/mol. The van der Waals surface area contributed by atoms with Crippen LogP contribution in [0.2, 0.25) is 18.1 Å². The molecule has 0 aromatic carbocycles. The van der Waals surface area contributed by atoms with E-state index in [9.17, 15) is 9.59 Å². The van der Waals surface area contributed by atoms with Crippen molar-refractivity contribution < 1.29 is 50.1 Å². The summed E-state index contributed by atoms with van der Waals surface area (Å²) in [5.41, 5.74) is 5.83. The third-order valence-corrected chi connectivity index (χ3v) is 11.0. The number of anilines is 1. The predicted octanol–water partition coefficient (Wildman–Crippen LogP) is 2.23. The molecule has 2 atom stereocenters. The van der Waals surface area contributed by atoms with Crippen LogP contribution in [0.1, 0.15) is 40.8 Å². The minimum atomic E-state index is -2.09. The summed E-state index contributed by atoms with van der Waals surface area (Å²) in [5, 5.41) is 0.0491. The number of carbonyl (C=O) groups is 1. The molecule has 0 saturated heterocycles. The third kappa shape index (κ3) is 11.4. The van der Waals surface area contributed by atoms with Gasteiger partial charge in [-0.05, 0) is 54.8 Å². The first-order valence-corrected chi connectivity index (χ1v) is 14.1. The second kappa shape index (κ2) is 19.4. The number of rotatable bonds is 9. The van der Waals surface area contributed by atoms with Crippen molar-refractivity contribution >= 4 is 40.5 Å². The van der Waals surface area contributed by atoms with Crippen LogP contribution in [0.5, 0.6) is 0 Å². The Morgan fingerprint density at radius 3 is 2.26 bits per heavy atom. The summed E-state index contributed by atoms with van der Waals surface area (Å²) >= 11 is 0. The molecule has 0 fully saturated rings. The number of esters is 1. The Labute approximate surface area is 236 Å². The van der Waals surface area contributed by atoms with Crippen LogP contribution in [0.15, 0.2) is 40.9 Å². The summed E-state index contributed by atoms with van der Waals surface area (Å²) in [6, 6.07) is 1.54. The molecule has 11 nitrogen and oxygen atoms in total. The van der Waals surface area contributed by atoms with E-state index in [1.165, 1.54) is 16.7 Å². The van der Waals surface area contributed by atoms with Crippen LogP contribution in [0.4, 0.5) is 5.82 Å². The second-order valence-corrected chi connectivity index (χ2v) is 13.6. The van der Waals surface area contributed by atoms with E-state index in [4.69, 9.17) is 34.0 Å². The smallest absolute Gasteiger partial charge is 0.351 e. The monoisotopic (exact) mass is 589 g/mol. The summed E-state index contributed by atoms with van der Waals surface area (Å²) in [5.74, 6) is 0.173. The Kier molecular flexibility index (Phi) is 20.3. The van der Waals surface area contributed by atoms with Crippen LogP contribution < -0.4 is 11.4 Å². The standard InChI is InChI=1S/C22H35N3O5Si.3CO.Fe/c1-8-28-20(26)10-9-16-13-19(25-12-11-18(23)24-21(25)27)30-17(16)14-29-31(6,7)22(4,5)15(2)3;3*1-2;/h9-13,15,17,19H,8,14H2,1-7H3,(H2,23,24,27);;;;/b10-9+;;;;/t17-,19-;;;;/m1..../s1. The fourth-order valence-electron chi connectivity index (χ4n) is 3.14. The summed E-state index contributed by atoms with van der Waals surface area (Å²) in [4.78, 5) is 50.3. The van der Waals surface area contributed by atoms with Crippen molar-refractivity contribution in [2.45, 2.75) is 65.1 Å². The molecule has 1 aliphatic rings. The van der Waals surface area contributed by atoms with Gasteiger partial charge in [-0.15, -0.1) is 0 Å². The number of nitrogens with zero attached hydrogens (tertiary/aromatic N) is 2. The van der Waals surface area contributed by atoms with E-state index in [0.29, 0.717) is 19.1 Å². The van der Waals surface area contributed by atoms with Gasteiger partial charge in [0, 0.05) is 29.3 Å². The fraction of sp³-hybridized carbons (Fsp3) is 0.520. The van der Waals surface area contributed by atoms with E-state index < -0.39 is 32.3 Å². The first-order valence-electron chi connectivity index (χ1n) is 11.2. The van der Waals surface area contributed by atoms with Crippen molar-refractivity contribution in [2.75, 3.05) is 18.9 Å². The van der Waals surface area contributed by atoms with Gasteiger partial charge in [-0.2, -0.15) is 4.98 Å². The van der Waals surface area contributed by atoms with Crippen molar-refractivity contribution in [2.24, 2.45) is 5.92 Å². The molecule has 0 unspecified atom stereocenters. The summed E-state index contributed by atoms with van der Waals surface area (Å²) in [6.07, 6.45) is 5.24. The van der Waals surface area contributed by atoms with Gasteiger partial charge in [-0.3, -0.25) is 19.0 Å². The number of nitrogens with two attached hydrogens (primary N) is 1. The van der Waals surface area contributed by atoms with Gasteiger partial charge in [-0.25, -0.2) is 9.59 Å². The Hall–Kier alpha value is -2.70. The van der Waals surface area contributed by atoms with Crippen LogP contribution in [-0.2, 0) is 50.1 Å². The molecule has 2 N–H and O–H groups in total. The molecule has 38 heavy (non-hydrogen) atoms. The minimum Gasteiger partial charge on any atom is -0.463 e. The van der Waals surface area contributed by atoms with Crippen molar-refractivity contribution in [1.82, 2.24) is 9.55 Å². The van der Waals surface area contributed by atoms with Crippen molar-refractivity contribution in [3.63, 3.8) is 0 Å². The Balaban J connectivity index is -0.00000163. The number of ether oxygens (including phenoxy) is 2. The SMILES string of the molecule is CCOC(=O)/C=C/C1=C[C@H](n2ccc(N)nc2=O)O[C@@H]1CO[Si](C)(C)C(C)(C)C(C)C.[C]=O.[C]=O.[C]=O.[Fe]. The number of carbonyl (C=O) groups excluding carboxylic acids is 4. The van der Waals surface area contributed by atoms with Gasteiger partial charge in [0.1, 0.15) is 11.9 Å². The van der Waals surface area contributed by atoms with Crippen molar-refractivity contribution in [1.29, 1.82) is 0 Å². The number of nitrogen functional groups attached to an aromatic ring is 1. The zero-order valence-corrected chi connectivity index (χ0v) is 24.7. The van der Waals surface area contributed by atoms with Gasteiger partial charge in [-0.1, -0.05) is 27.7 Å². The Morgan fingerprint density at radius 2 is 1.79 bits per heavy atom. The summed E-state index contributed by atoms with van der Waals surface area (Å²) < 4.78 is 18.9. The predicted molar refractivity (Wildman–Crippen MR) is 140 cm³/mol. The molecule has 0 saturated carbocycles. The number of hydrogen-bond acceptors (Lipinski definition) is 10. The van der Waals surface area contributed by atoms with Crippen LogP contribution in [0, 0.1) is 5.92 Å². The zero-order chi connectivity index (χ0) is 29.4. The molecular formula is C25H35FeN3O8Si. The molecule has 0 amide bonds. The van der Waals surface area contributed by atoms with Crippen LogP contribution in [0.25, 0.3) is 0 Å². The average Bonchev–Trinajstić information content (AvgIpc) is 3.28. The largest absolute Gasteiger partial charge is 0.463 e. The maximum atomic E-state index is 12.3. The van der Waals surface area contributed by atoms with Crippen LogP contribution in [0.3, 0.4) is 0 Å². The number of hydrogen-bond donors (Lipinski definition) is 1. The molecular weight excluding hydrogens is 554 g/mol. The van der Waals surface area contributed by atoms with E-state index in [-0.39, 0.29) is 27.9 Å². The molecule has 0 spiro atoms. The Morgan fingerprint density at radius 1 is 1.24 bits per heavy atom. The molecule has 1 aliphatic heterocycles. The van der Waals surface area contributed by atoms with Gasteiger partial charge < -0.3 is 19.6 Å². The molecule has 210 valence electrons. The normalized spacial score (nSPS) is 16.5. The molecule has 2 heterocycles. The molecule has 0 bridgehead atoms. The van der Waals surface area contributed by atoms with Gasteiger partial charge in [0.05, 0.1) is 13.2 Å². The van der Waals surface area contributed by atoms with E-state index >= 15 is 0 Å². The van der Waals surface area contributed by atoms with Gasteiger partial charge >= 0.3 is 11.7 Å². The first kappa shape index (κ1) is 39.8. The Bertz CT molecular complexity index is 961. The van der Waals surface area contributed by atoms with E-state index in [0.717, 1.165) is 5.57 Å². The molecule has 0 aliphatic carbocycles. The number of aromatic nitrogens is 2. The maximum Gasteiger partial charge on any atom is 0.351 e. The minimum absolute atomic E-state index is 0. The van der Waals surface area contributed by atoms with E-state index in [1.54, 1.807) is 25.3 Å². The van der Waals surface area contributed by atoms with Gasteiger partial charge in [0.25, 0.3) is 20.4 Å². The van der Waals surface area contributed by atoms with Gasteiger partial charge in [0.15, 0.2) is 14.5 Å². The second-order valence-electron chi connectivity index (χ2n) is 9.01. The molecule has 2 rings (SSSR count).